The van der Waals surface area contributed by atoms with Crippen LogP contribution in [0.3, 0.4) is 0 Å². The molecule has 0 aromatic carbocycles. The van der Waals surface area contributed by atoms with Crippen molar-refractivity contribution in [2.75, 3.05) is 0 Å². The molecule has 0 aromatic heterocycles. The number of primary amides is 1. The molecule has 0 rings (SSSR count). The largest absolute Gasteiger partial charge is 0.481 e. The van der Waals surface area contributed by atoms with Gasteiger partial charge in [-0.25, -0.2) is 4.79 Å². The molecule has 0 aliphatic carbocycles. The van der Waals surface area contributed by atoms with Crippen molar-refractivity contribution in [1.82, 2.24) is 16.0 Å². The van der Waals surface area contributed by atoms with Crippen LogP contribution in [0.15, 0.2) is 0 Å². The molecule has 4 amide bonds. The van der Waals surface area contributed by atoms with Gasteiger partial charge in [0.2, 0.25) is 23.6 Å². The third-order valence-electron chi connectivity index (χ3n) is 3.84. The van der Waals surface area contributed by atoms with Gasteiger partial charge in [0.15, 0.2) is 0 Å². The Kier molecular flexibility index (Phi) is 11.0. The van der Waals surface area contributed by atoms with Crippen LogP contribution in [0.2, 0.25) is 0 Å². The van der Waals surface area contributed by atoms with Crippen molar-refractivity contribution in [3.05, 3.63) is 0 Å². The van der Waals surface area contributed by atoms with Crippen LogP contribution in [0.1, 0.15) is 40.0 Å². The number of rotatable bonds is 13. The maximum absolute atomic E-state index is 12.4. The van der Waals surface area contributed by atoms with Crippen molar-refractivity contribution in [1.29, 1.82) is 0 Å². The van der Waals surface area contributed by atoms with Crippen molar-refractivity contribution in [2.24, 2.45) is 17.4 Å². The topological polar surface area (TPSA) is 231 Å². The van der Waals surface area contributed by atoms with Crippen molar-refractivity contribution < 1.29 is 39.0 Å². The van der Waals surface area contributed by atoms with E-state index in [9.17, 15) is 33.9 Å². The molecule has 0 bridgehead atoms. The van der Waals surface area contributed by atoms with Gasteiger partial charge in [0, 0.05) is 0 Å². The lowest BCUT2D eigenvalue weighted by Crippen LogP contribution is -2.57. The second kappa shape index (κ2) is 12.4. The summed E-state index contributed by atoms with van der Waals surface area (Å²) in [7, 11) is 0. The number of nitrogens with two attached hydrogens (primary N) is 2. The van der Waals surface area contributed by atoms with Crippen LogP contribution in [0, 0.1) is 5.92 Å². The first-order chi connectivity index (χ1) is 13.7. The van der Waals surface area contributed by atoms with E-state index in [2.05, 4.69) is 16.0 Å². The molecular weight excluding hydrogens is 402 g/mol. The SMILES string of the molecule is CC(C)CC(NC(=O)C(C)NC(=O)C(CC(N)=O)NC(=O)C(N)CC(=O)O)C(=O)O. The predicted molar refractivity (Wildman–Crippen MR) is 103 cm³/mol. The highest BCUT2D eigenvalue weighted by molar-refractivity contribution is 5.96. The number of hydrogen-bond acceptors (Lipinski definition) is 7. The monoisotopic (exact) mass is 431 g/mol. The molecule has 0 aromatic rings. The molecule has 0 saturated heterocycles. The summed E-state index contributed by atoms with van der Waals surface area (Å²) in [6.07, 6.45) is -1.16. The van der Waals surface area contributed by atoms with Gasteiger partial charge in [-0.3, -0.25) is 24.0 Å². The molecule has 0 fully saturated rings. The zero-order valence-electron chi connectivity index (χ0n) is 17.0. The molecule has 4 atom stereocenters. The van der Waals surface area contributed by atoms with Crippen LogP contribution in [-0.4, -0.2) is 69.9 Å². The predicted octanol–water partition coefficient (Wildman–Crippen LogP) is -2.73. The summed E-state index contributed by atoms with van der Waals surface area (Å²) in [5.74, 6) is -6.27. The Morgan fingerprint density at radius 2 is 1.33 bits per heavy atom. The van der Waals surface area contributed by atoms with Crippen LogP contribution < -0.4 is 27.4 Å². The first-order valence-corrected chi connectivity index (χ1v) is 9.14. The Hall–Kier alpha value is -3.22. The summed E-state index contributed by atoms with van der Waals surface area (Å²) in [4.78, 5) is 69.6. The molecule has 9 N–H and O–H groups in total. The molecule has 0 saturated carbocycles. The maximum Gasteiger partial charge on any atom is 0.326 e. The number of nitrogens with one attached hydrogen (secondary N) is 3. The summed E-state index contributed by atoms with van der Waals surface area (Å²) in [6.45, 7) is 4.83. The zero-order valence-corrected chi connectivity index (χ0v) is 17.0. The first-order valence-electron chi connectivity index (χ1n) is 9.14. The lowest BCUT2D eigenvalue weighted by Gasteiger charge is -2.23. The summed E-state index contributed by atoms with van der Waals surface area (Å²) >= 11 is 0. The minimum absolute atomic E-state index is 0.0125. The number of carbonyl (C=O) groups excluding carboxylic acids is 4. The molecule has 30 heavy (non-hydrogen) atoms. The molecule has 13 heteroatoms. The lowest BCUT2D eigenvalue weighted by atomic mass is 10.0. The van der Waals surface area contributed by atoms with Crippen LogP contribution in [0.4, 0.5) is 0 Å². The Morgan fingerprint density at radius 3 is 1.77 bits per heavy atom. The fourth-order valence-corrected chi connectivity index (χ4v) is 2.34. The minimum Gasteiger partial charge on any atom is -0.481 e. The summed E-state index contributed by atoms with van der Waals surface area (Å²) < 4.78 is 0. The van der Waals surface area contributed by atoms with E-state index in [1.165, 1.54) is 6.92 Å². The standard InChI is InChI=1S/C17H29N5O8/c1-7(2)4-11(17(29)30)22-14(26)8(3)20-16(28)10(6-12(19)23)21-15(27)9(18)5-13(24)25/h7-11H,4-6,18H2,1-3H3,(H2,19,23)(H,20,28)(H,21,27)(H,22,26)(H,24,25)(H,29,30). The molecule has 170 valence electrons. The molecule has 0 spiro atoms. The van der Waals surface area contributed by atoms with Crippen LogP contribution in [0.5, 0.6) is 0 Å². The van der Waals surface area contributed by atoms with E-state index in [1.807, 2.05) is 0 Å². The maximum atomic E-state index is 12.4. The van der Waals surface area contributed by atoms with Gasteiger partial charge >= 0.3 is 11.9 Å². The highest BCUT2D eigenvalue weighted by atomic mass is 16.4. The quantitative estimate of drug-likeness (QED) is 0.160. The van der Waals surface area contributed by atoms with Gasteiger partial charge in [0.1, 0.15) is 18.1 Å². The van der Waals surface area contributed by atoms with Crippen molar-refractivity contribution in [3.63, 3.8) is 0 Å². The van der Waals surface area contributed by atoms with E-state index in [1.54, 1.807) is 13.8 Å². The number of hydrogen-bond donors (Lipinski definition) is 7. The number of carbonyl (C=O) groups is 6. The van der Waals surface area contributed by atoms with Gasteiger partial charge in [-0.2, -0.15) is 0 Å². The minimum atomic E-state index is -1.50. The Morgan fingerprint density at radius 1 is 0.800 bits per heavy atom. The summed E-state index contributed by atoms with van der Waals surface area (Å²) in [6, 6.07) is -5.34. The number of amides is 4. The number of carboxylic acid groups (broad SMARTS) is 2. The first kappa shape index (κ1) is 26.8. The third-order valence-corrected chi connectivity index (χ3v) is 3.84. The molecule has 0 aliphatic rings. The van der Waals surface area contributed by atoms with E-state index in [4.69, 9.17) is 16.6 Å². The summed E-state index contributed by atoms with van der Waals surface area (Å²) in [5.41, 5.74) is 10.5. The Bertz CT molecular complexity index is 681. The van der Waals surface area contributed by atoms with E-state index in [0.717, 1.165) is 0 Å². The van der Waals surface area contributed by atoms with Gasteiger partial charge < -0.3 is 37.6 Å². The molecule has 0 aliphatic heterocycles. The third kappa shape index (κ3) is 10.4. The van der Waals surface area contributed by atoms with Gasteiger partial charge in [-0.15, -0.1) is 0 Å². The van der Waals surface area contributed by atoms with Gasteiger partial charge in [-0.05, 0) is 19.3 Å². The van der Waals surface area contributed by atoms with Crippen LogP contribution in [0.25, 0.3) is 0 Å². The number of aliphatic carboxylic acids is 2. The molecule has 0 radical (unpaired) electrons. The Labute approximate surface area is 172 Å². The summed E-state index contributed by atoms with van der Waals surface area (Å²) in [5, 5.41) is 24.5. The highest BCUT2D eigenvalue weighted by Gasteiger charge is 2.29. The second-order valence-corrected chi connectivity index (χ2v) is 7.20. The van der Waals surface area contributed by atoms with Crippen LogP contribution >= 0.6 is 0 Å². The average Bonchev–Trinajstić information content (AvgIpc) is 2.58. The molecule has 0 heterocycles. The fraction of sp³-hybridized carbons (Fsp3) is 0.647. The molecule has 13 nitrogen and oxygen atoms in total. The smallest absolute Gasteiger partial charge is 0.326 e. The van der Waals surface area contributed by atoms with Crippen molar-refractivity contribution in [3.8, 4) is 0 Å². The Balaban J connectivity index is 5.10. The highest BCUT2D eigenvalue weighted by Crippen LogP contribution is 2.05. The lowest BCUT2D eigenvalue weighted by molar-refractivity contribution is -0.142. The van der Waals surface area contributed by atoms with Gasteiger partial charge in [0.05, 0.1) is 18.9 Å². The number of carboxylic acids is 2. The zero-order chi connectivity index (χ0) is 23.6. The van der Waals surface area contributed by atoms with Gasteiger partial charge in [0.25, 0.3) is 0 Å². The normalized spacial score (nSPS) is 14.7. The molecule has 4 unspecified atom stereocenters. The van der Waals surface area contributed by atoms with E-state index < -0.39 is 72.6 Å². The van der Waals surface area contributed by atoms with E-state index in [-0.39, 0.29) is 12.3 Å². The average molecular weight is 431 g/mol. The fourth-order valence-electron chi connectivity index (χ4n) is 2.34. The van der Waals surface area contributed by atoms with E-state index in [0.29, 0.717) is 0 Å². The van der Waals surface area contributed by atoms with Crippen LogP contribution in [-0.2, 0) is 28.8 Å². The molecular formula is C17H29N5O8. The van der Waals surface area contributed by atoms with E-state index >= 15 is 0 Å². The second-order valence-electron chi connectivity index (χ2n) is 7.20. The van der Waals surface area contributed by atoms with Gasteiger partial charge in [-0.1, -0.05) is 13.8 Å². The van der Waals surface area contributed by atoms with Crippen molar-refractivity contribution >= 4 is 35.6 Å². The van der Waals surface area contributed by atoms with Crippen molar-refractivity contribution in [2.45, 2.75) is 64.2 Å².